The first-order valence-electron chi connectivity index (χ1n) is 7.79. The third kappa shape index (κ3) is 3.73. The van der Waals surface area contributed by atoms with Crippen LogP contribution >= 0.6 is 0 Å². The van der Waals surface area contributed by atoms with E-state index in [1.54, 1.807) is 20.8 Å². The van der Waals surface area contributed by atoms with E-state index in [4.69, 9.17) is 14.6 Å². The zero-order chi connectivity index (χ0) is 19.0. The predicted octanol–water partition coefficient (Wildman–Crippen LogP) is 1.90. The molecule has 10 heteroatoms. The number of carbonyl (C=O) groups excluding carboxylic acids is 2. The zero-order valence-electron chi connectivity index (χ0n) is 14.5. The quantitative estimate of drug-likeness (QED) is 0.823. The SMILES string of the molecule is CCOC(=O)c1c(C(F)(F)CO)nn2c1N(C(=O)OC(C)(C)C)CC2. The lowest BCUT2D eigenvalue weighted by atomic mass is 10.1. The molecule has 140 valence electrons. The van der Waals surface area contributed by atoms with E-state index in [2.05, 4.69) is 5.10 Å². The molecule has 25 heavy (non-hydrogen) atoms. The van der Waals surface area contributed by atoms with Crippen molar-refractivity contribution in [3.63, 3.8) is 0 Å². The Balaban J connectivity index is 2.53. The first-order valence-corrected chi connectivity index (χ1v) is 7.79. The molecule has 8 nitrogen and oxygen atoms in total. The highest BCUT2D eigenvalue weighted by molar-refractivity contribution is 6.01. The molecule has 1 aliphatic heterocycles. The standard InChI is InChI=1S/C15H21F2N3O5/c1-5-24-12(22)9-10(15(16,17)8-21)18-20-7-6-19(11(9)20)13(23)25-14(2,3)4/h21H,5-8H2,1-4H3. The van der Waals surface area contributed by atoms with Gasteiger partial charge < -0.3 is 14.6 Å². The summed E-state index contributed by atoms with van der Waals surface area (Å²) in [6.45, 7) is 5.18. The summed E-state index contributed by atoms with van der Waals surface area (Å²) in [5.41, 5.74) is -2.26. The van der Waals surface area contributed by atoms with Gasteiger partial charge in [-0.1, -0.05) is 0 Å². The number of ether oxygens (including phenoxy) is 2. The van der Waals surface area contributed by atoms with Gasteiger partial charge in [0.25, 0.3) is 0 Å². The molecule has 1 aromatic rings. The highest BCUT2D eigenvalue weighted by Crippen LogP contribution is 2.37. The van der Waals surface area contributed by atoms with Crippen molar-refractivity contribution in [2.75, 3.05) is 24.7 Å². The summed E-state index contributed by atoms with van der Waals surface area (Å²) in [6.07, 6.45) is -0.782. The Morgan fingerprint density at radius 1 is 1.28 bits per heavy atom. The van der Waals surface area contributed by atoms with Crippen LogP contribution < -0.4 is 4.90 Å². The number of esters is 1. The lowest BCUT2D eigenvalue weighted by Gasteiger charge is -2.24. The average Bonchev–Trinajstić information content (AvgIpc) is 3.04. The second-order valence-corrected chi connectivity index (χ2v) is 6.49. The number of alkyl halides is 2. The van der Waals surface area contributed by atoms with Gasteiger partial charge in [-0.2, -0.15) is 13.9 Å². The van der Waals surface area contributed by atoms with E-state index >= 15 is 0 Å². The van der Waals surface area contributed by atoms with E-state index in [9.17, 15) is 18.4 Å². The van der Waals surface area contributed by atoms with Crippen molar-refractivity contribution >= 4 is 17.9 Å². The number of nitrogens with zero attached hydrogens (tertiary/aromatic N) is 3. The van der Waals surface area contributed by atoms with E-state index < -0.39 is 41.5 Å². The van der Waals surface area contributed by atoms with Gasteiger partial charge in [0, 0.05) is 0 Å². The minimum atomic E-state index is -3.75. The van der Waals surface area contributed by atoms with Crippen LogP contribution in [-0.2, 0) is 21.9 Å². The molecule has 1 aromatic heterocycles. The average molecular weight is 361 g/mol. The van der Waals surface area contributed by atoms with Crippen LogP contribution in [0.25, 0.3) is 0 Å². The van der Waals surface area contributed by atoms with Crippen molar-refractivity contribution in [2.45, 2.75) is 45.8 Å². The summed E-state index contributed by atoms with van der Waals surface area (Å²) in [5, 5.41) is 12.7. The van der Waals surface area contributed by atoms with Crippen molar-refractivity contribution in [1.82, 2.24) is 9.78 Å². The van der Waals surface area contributed by atoms with Gasteiger partial charge in [0.1, 0.15) is 17.8 Å². The fourth-order valence-electron chi connectivity index (χ4n) is 2.40. The lowest BCUT2D eigenvalue weighted by Crippen LogP contribution is -2.36. The first kappa shape index (κ1) is 19.1. The van der Waals surface area contributed by atoms with Gasteiger partial charge in [0.05, 0.1) is 19.7 Å². The molecule has 0 radical (unpaired) electrons. The van der Waals surface area contributed by atoms with Crippen LogP contribution in [-0.4, -0.2) is 52.3 Å². The number of rotatable bonds is 4. The number of halogens is 2. The molecule has 0 saturated carbocycles. The number of hydrogen-bond donors (Lipinski definition) is 1. The summed E-state index contributed by atoms with van der Waals surface area (Å²) < 4.78 is 39.3. The molecule has 0 bridgehead atoms. The third-order valence-electron chi connectivity index (χ3n) is 3.36. The predicted molar refractivity (Wildman–Crippen MR) is 82.7 cm³/mol. The van der Waals surface area contributed by atoms with Gasteiger partial charge in [0.2, 0.25) is 0 Å². The maximum atomic E-state index is 14.0. The molecule has 1 aliphatic rings. The van der Waals surface area contributed by atoms with Crippen molar-refractivity contribution < 1.29 is 33.0 Å². The molecule has 0 aromatic carbocycles. The number of hydrogen-bond acceptors (Lipinski definition) is 6. The van der Waals surface area contributed by atoms with Gasteiger partial charge in [-0.15, -0.1) is 0 Å². The van der Waals surface area contributed by atoms with E-state index in [-0.39, 0.29) is 25.5 Å². The van der Waals surface area contributed by atoms with Crippen LogP contribution in [0.1, 0.15) is 43.7 Å². The monoisotopic (exact) mass is 361 g/mol. The molecule has 1 N–H and O–H groups in total. The van der Waals surface area contributed by atoms with Crippen LogP contribution in [0.5, 0.6) is 0 Å². The number of amides is 1. The van der Waals surface area contributed by atoms with Crippen LogP contribution in [0.2, 0.25) is 0 Å². The van der Waals surface area contributed by atoms with Crippen molar-refractivity contribution in [1.29, 1.82) is 0 Å². The molecule has 2 rings (SSSR count). The molecule has 1 amide bonds. The van der Waals surface area contributed by atoms with Gasteiger partial charge in [-0.3, -0.25) is 4.90 Å². The van der Waals surface area contributed by atoms with E-state index in [0.717, 1.165) is 9.58 Å². The van der Waals surface area contributed by atoms with Gasteiger partial charge in [-0.05, 0) is 27.7 Å². The van der Waals surface area contributed by atoms with Gasteiger partial charge >= 0.3 is 18.0 Å². The molecule has 2 heterocycles. The molecular formula is C15H21F2N3O5. The second kappa shape index (κ2) is 6.58. The van der Waals surface area contributed by atoms with E-state index in [0.29, 0.717) is 0 Å². The maximum absolute atomic E-state index is 14.0. The highest BCUT2D eigenvalue weighted by Gasteiger charge is 2.45. The fraction of sp³-hybridized carbons (Fsp3) is 0.667. The number of anilines is 1. The number of aromatic nitrogens is 2. The van der Waals surface area contributed by atoms with Crippen molar-refractivity contribution in [3.05, 3.63) is 11.3 Å². The second-order valence-electron chi connectivity index (χ2n) is 6.49. The smallest absolute Gasteiger partial charge is 0.416 e. The topological polar surface area (TPSA) is 93.9 Å². The Morgan fingerprint density at radius 2 is 1.92 bits per heavy atom. The number of aliphatic hydroxyl groups excluding tert-OH is 1. The Hall–Kier alpha value is -2.23. The number of fused-ring (bicyclic) bond motifs is 1. The molecule has 0 spiro atoms. The fourth-order valence-corrected chi connectivity index (χ4v) is 2.40. The van der Waals surface area contributed by atoms with Crippen molar-refractivity contribution in [3.8, 4) is 0 Å². The minimum Gasteiger partial charge on any atom is -0.462 e. The third-order valence-corrected chi connectivity index (χ3v) is 3.36. The summed E-state index contributed by atoms with van der Waals surface area (Å²) in [6, 6.07) is 0. The number of aliphatic hydroxyl groups is 1. The Labute approximate surface area is 143 Å². The van der Waals surface area contributed by atoms with Gasteiger partial charge in [0.15, 0.2) is 11.5 Å². The lowest BCUT2D eigenvalue weighted by molar-refractivity contribution is -0.0605. The summed E-state index contributed by atoms with van der Waals surface area (Å²) in [5.74, 6) is -4.91. The van der Waals surface area contributed by atoms with E-state index in [1.165, 1.54) is 6.92 Å². The Morgan fingerprint density at radius 3 is 2.44 bits per heavy atom. The molecule has 0 atom stereocenters. The summed E-state index contributed by atoms with van der Waals surface area (Å²) in [7, 11) is 0. The van der Waals surface area contributed by atoms with Crippen molar-refractivity contribution in [2.24, 2.45) is 0 Å². The molecule has 0 aliphatic carbocycles. The van der Waals surface area contributed by atoms with Crippen LogP contribution in [0, 0.1) is 0 Å². The van der Waals surface area contributed by atoms with Crippen LogP contribution in [0.15, 0.2) is 0 Å². The summed E-state index contributed by atoms with van der Waals surface area (Å²) in [4.78, 5) is 25.7. The molecular weight excluding hydrogens is 340 g/mol. The molecule has 0 unspecified atom stereocenters. The van der Waals surface area contributed by atoms with E-state index in [1.807, 2.05) is 0 Å². The summed E-state index contributed by atoms with van der Waals surface area (Å²) >= 11 is 0. The van der Waals surface area contributed by atoms with Gasteiger partial charge in [-0.25, -0.2) is 14.3 Å². The number of carbonyl (C=O) groups is 2. The van der Waals surface area contributed by atoms with Crippen LogP contribution in [0.3, 0.4) is 0 Å². The Kier molecular flexibility index (Phi) is 5.03. The normalized spacial score (nSPS) is 14.4. The Bertz CT molecular complexity index is 681. The largest absolute Gasteiger partial charge is 0.462 e. The maximum Gasteiger partial charge on any atom is 0.416 e. The zero-order valence-corrected chi connectivity index (χ0v) is 14.5. The molecule has 0 fully saturated rings. The minimum absolute atomic E-state index is 0.0416. The first-order chi connectivity index (χ1) is 11.5. The highest BCUT2D eigenvalue weighted by atomic mass is 19.3. The van der Waals surface area contributed by atoms with Crippen LogP contribution in [0.4, 0.5) is 19.4 Å². The molecule has 0 saturated heterocycles.